The molecule has 0 saturated carbocycles. The average molecular weight is 355 g/mol. The molecule has 1 aromatic rings. The molecular weight excluding hydrogens is 340 g/mol. The fraction of sp³-hybridized carbons (Fsp3) is 0.500. The van der Waals surface area contributed by atoms with Gasteiger partial charge < -0.3 is 15.0 Å². The molecule has 1 unspecified atom stereocenters. The van der Waals surface area contributed by atoms with Crippen LogP contribution in [0, 0.1) is 5.82 Å². The van der Waals surface area contributed by atoms with Crippen LogP contribution in [0.3, 0.4) is 0 Å². The van der Waals surface area contributed by atoms with Gasteiger partial charge >= 0.3 is 12.1 Å². The van der Waals surface area contributed by atoms with E-state index in [1.165, 1.54) is 17.0 Å². The van der Waals surface area contributed by atoms with Crippen LogP contribution in [0.25, 0.3) is 0 Å². The minimum Gasteiger partial charge on any atom is -0.431 e. The Balaban J connectivity index is 2.37. The van der Waals surface area contributed by atoms with Gasteiger partial charge in [-0.3, -0.25) is 0 Å². The number of benzene rings is 1. The lowest BCUT2D eigenvalue weighted by Gasteiger charge is -2.47. The van der Waals surface area contributed by atoms with Crippen LogP contribution in [-0.2, 0) is 9.53 Å². The maximum absolute atomic E-state index is 13.3. The van der Waals surface area contributed by atoms with Crippen LogP contribution in [0.15, 0.2) is 18.2 Å². The number of anilines is 1. The van der Waals surface area contributed by atoms with Crippen molar-refractivity contribution < 1.29 is 27.1 Å². The van der Waals surface area contributed by atoms with Gasteiger partial charge in [-0.05, 0) is 18.2 Å². The number of carbonyl (C=O) groups is 1. The van der Waals surface area contributed by atoms with E-state index < -0.39 is 23.7 Å². The Bertz CT molecular complexity index is 597. The van der Waals surface area contributed by atoms with Crippen LogP contribution in [-0.4, -0.2) is 37.5 Å². The number of halogens is 5. The van der Waals surface area contributed by atoms with Gasteiger partial charge in [0.25, 0.3) is 0 Å². The van der Waals surface area contributed by atoms with E-state index in [0.29, 0.717) is 12.2 Å². The van der Waals surface area contributed by atoms with Crippen molar-refractivity contribution in [3.63, 3.8) is 0 Å². The third-order valence-electron chi connectivity index (χ3n) is 3.69. The molecule has 1 fully saturated rings. The number of ether oxygens (including phenoxy) is 1. The van der Waals surface area contributed by atoms with E-state index in [2.05, 4.69) is 5.32 Å². The summed E-state index contributed by atoms with van der Waals surface area (Å²) in [7, 11) is 0. The zero-order valence-electron chi connectivity index (χ0n) is 12.2. The SMILES string of the molecule is CCC1(OC(=O)C(F)(F)F)CNCCN1c1ccc(F)c(Cl)c1. The van der Waals surface area contributed by atoms with Gasteiger partial charge in [0.15, 0.2) is 5.72 Å². The number of hydrogen-bond donors (Lipinski definition) is 1. The third kappa shape index (κ3) is 3.69. The minimum atomic E-state index is -5.09. The summed E-state index contributed by atoms with van der Waals surface area (Å²) >= 11 is 5.74. The lowest BCUT2D eigenvalue weighted by Crippen LogP contribution is -2.64. The van der Waals surface area contributed by atoms with Gasteiger partial charge in [-0.25, -0.2) is 9.18 Å². The van der Waals surface area contributed by atoms with E-state index in [1.807, 2.05) is 0 Å². The van der Waals surface area contributed by atoms with Crippen molar-refractivity contribution in [2.75, 3.05) is 24.5 Å². The molecule has 128 valence electrons. The molecule has 1 aliphatic heterocycles. The highest BCUT2D eigenvalue weighted by Gasteiger charge is 2.49. The second-order valence-corrected chi connectivity index (χ2v) is 5.52. The fourth-order valence-electron chi connectivity index (χ4n) is 2.50. The number of nitrogens with one attached hydrogen (secondary N) is 1. The lowest BCUT2D eigenvalue weighted by atomic mass is 10.0. The molecule has 9 heteroatoms. The van der Waals surface area contributed by atoms with Gasteiger partial charge in [-0.15, -0.1) is 0 Å². The van der Waals surface area contributed by atoms with Crippen molar-refractivity contribution >= 4 is 23.3 Å². The molecule has 0 aromatic heterocycles. The van der Waals surface area contributed by atoms with Crippen molar-refractivity contribution in [2.24, 2.45) is 0 Å². The van der Waals surface area contributed by atoms with E-state index in [-0.39, 0.29) is 24.5 Å². The minimum absolute atomic E-state index is 0.0142. The summed E-state index contributed by atoms with van der Waals surface area (Å²) in [6.07, 6.45) is -4.98. The molecule has 23 heavy (non-hydrogen) atoms. The molecule has 2 rings (SSSR count). The molecule has 1 saturated heterocycles. The van der Waals surface area contributed by atoms with Gasteiger partial charge in [0.1, 0.15) is 5.82 Å². The molecule has 1 N–H and O–H groups in total. The van der Waals surface area contributed by atoms with Crippen LogP contribution >= 0.6 is 11.6 Å². The molecule has 1 heterocycles. The number of carbonyl (C=O) groups excluding carboxylic acids is 1. The second-order valence-electron chi connectivity index (χ2n) is 5.11. The molecule has 0 amide bonds. The molecule has 1 atom stereocenters. The Labute approximate surface area is 135 Å². The Morgan fingerprint density at radius 3 is 2.74 bits per heavy atom. The number of alkyl halides is 3. The maximum atomic E-state index is 13.3. The van der Waals surface area contributed by atoms with E-state index in [0.717, 1.165) is 6.07 Å². The topological polar surface area (TPSA) is 41.6 Å². The van der Waals surface area contributed by atoms with Gasteiger partial charge in [-0.1, -0.05) is 18.5 Å². The zero-order chi connectivity index (χ0) is 17.3. The highest BCUT2D eigenvalue weighted by atomic mass is 35.5. The van der Waals surface area contributed by atoms with Gasteiger partial charge in [0.2, 0.25) is 0 Å². The molecular formula is C14H15ClF4N2O2. The predicted octanol–water partition coefficient (Wildman–Crippen LogP) is 3.10. The maximum Gasteiger partial charge on any atom is 0.491 e. The number of nitrogens with zero attached hydrogens (tertiary/aromatic N) is 1. The van der Waals surface area contributed by atoms with Crippen LogP contribution in [0.4, 0.5) is 23.2 Å². The first kappa shape index (κ1) is 17.8. The largest absolute Gasteiger partial charge is 0.491 e. The molecule has 0 spiro atoms. The van der Waals surface area contributed by atoms with E-state index >= 15 is 0 Å². The predicted molar refractivity (Wildman–Crippen MR) is 76.8 cm³/mol. The first-order valence-corrected chi connectivity index (χ1v) is 7.31. The van der Waals surface area contributed by atoms with Gasteiger partial charge in [0, 0.05) is 25.2 Å². The summed E-state index contributed by atoms with van der Waals surface area (Å²) in [4.78, 5) is 12.8. The Kier molecular flexibility index (Phi) is 5.05. The van der Waals surface area contributed by atoms with Crippen LogP contribution in [0.2, 0.25) is 5.02 Å². The summed E-state index contributed by atoms with van der Waals surface area (Å²) in [6, 6.07) is 3.80. The fourth-order valence-corrected chi connectivity index (χ4v) is 2.68. The monoisotopic (exact) mass is 354 g/mol. The van der Waals surface area contributed by atoms with Crippen LogP contribution < -0.4 is 10.2 Å². The number of piperazine rings is 1. The first-order valence-electron chi connectivity index (χ1n) is 6.93. The number of rotatable bonds is 3. The van der Waals surface area contributed by atoms with Crippen molar-refractivity contribution in [3.8, 4) is 0 Å². The highest BCUT2D eigenvalue weighted by Crippen LogP contribution is 2.33. The summed E-state index contributed by atoms with van der Waals surface area (Å²) in [5.74, 6) is -2.90. The second kappa shape index (κ2) is 6.52. The smallest absolute Gasteiger partial charge is 0.431 e. The average Bonchev–Trinajstić information content (AvgIpc) is 2.49. The van der Waals surface area contributed by atoms with Crippen LogP contribution in [0.1, 0.15) is 13.3 Å². The molecule has 0 bridgehead atoms. The highest BCUT2D eigenvalue weighted by molar-refractivity contribution is 6.31. The summed E-state index contributed by atoms with van der Waals surface area (Å²) in [6.45, 7) is 2.37. The molecule has 1 aliphatic rings. The summed E-state index contributed by atoms with van der Waals surface area (Å²) < 4.78 is 55.8. The third-order valence-corrected chi connectivity index (χ3v) is 3.98. The van der Waals surface area contributed by atoms with E-state index in [4.69, 9.17) is 16.3 Å². The van der Waals surface area contributed by atoms with Crippen molar-refractivity contribution in [1.82, 2.24) is 5.32 Å². The summed E-state index contributed by atoms with van der Waals surface area (Å²) in [5.41, 5.74) is -1.14. The van der Waals surface area contributed by atoms with E-state index in [1.54, 1.807) is 6.92 Å². The van der Waals surface area contributed by atoms with Crippen molar-refractivity contribution in [1.29, 1.82) is 0 Å². The number of esters is 1. The lowest BCUT2D eigenvalue weighted by molar-refractivity contribution is -0.215. The van der Waals surface area contributed by atoms with Crippen LogP contribution in [0.5, 0.6) is 0 Å². The van der Waals surface area contributed by atoms with Crippen molar-refractivity contribution in [3.05, 3.63) is 29.0 Å². The molecule has 0 aliphatic carbocycles. The standard InChI is InChI=1S/C14H15ClF4N2O2/c1-2-13(23-12(22)14(17,18)19)8-20-5-6-21(13)9-3-4-11(16)10(15)7-9/h3-4,7,20H,2,5-6,8H2,1H3. The van der Waals surface area contributed by atoms with Gasteiger partial charge in [0.05, 0.1) is 11.6 Å². The number of hydrogen-bond acceptors (Lipinski definition) is 4. The summed E-state index contributed by atoms with van der Waals surface area (Å²) in [5, 5.41) is 2.76. The normalized spacial score (nSPS) is 22.1. The Hall–Kier alpha value is -1.54. The molecule has 4 nitrogen and oxygen atoms in total. The zero-order valence-corrected chi connectivity index (χ0v) is 13.0. The Morgan fingerprint density at radius 2 is 2.17 bits per heavy atom. The quantitative estimate of drug-likeness (QED) is 0.669. The van der Waals surface area contributed by atoms with Crippen molar-refractivity contribution in [2.45, 2.75) is 25.2 Å². The van der Waals surface area contributed by atoms with Gasteiger partial charge in [-0.2, -0.15) is 13.2 Å². The molecule has 1 aromatic carbocycles. The Morgan fingerprint density at radius 1 is 1.48 bits per heavy atom. The molecule has 0 radical (unpaired) electrons. The first-order chi connectivity index (χ1) is 10.7. The van der Waals surface area contributed by atoms with E-state index in [9.17, 15) is 22.4 Å².